The number of benzene rings is 1. The molecule has 1 aromatic carbocycles. The van der Waals surface area contributed by atoms with Gasteiger partial charge in [0.25, 0.3) is 5.17 Å². The molecule has 0 heterocycles. The topological polar surface area (TPSA) is 61.4 Å². The van der Waals surface area contributed by atoms with Gasteiger partial charge in [0.15, 0.2) is 0 Å². The van der Waals surface area contributed by atoms with Gasteiger partial charge in [-0.1, -0.05) is 45.9 Å². The number of hydrogen-bond donors (Lipinski definition) is 3. The lowest BCUT2D eigenvalue weighted by Gasteiger charge is -2.20. The van der Waals surface area contributed by atoms with Gasteiger partial charge in [-0.15, -0.1) is 0 Å². The number of amides is 2. The highest BCUT2D eigenvalue weighted by Gasteiger charge is 2.16. The smallest absolute Gasteiger partial charge is 0.326 e. The summed E-state index contributed by atoms with van der Waals surface area (Å²) in [4.78, 5) is 11.7. The maximum atomic E-state index is 11.7. The number of carbonyl (C=O) groups excluding carboxylic acids is 1. The van der Waals surface area contributed by atoms with Gasteiger partial charge >= 0.3 is 6.03 Å². The zero-order valence-electron chi connectivity index (χ0n) is 11.7. The van der Waals surface area contributed by atoms with Gasteiger partial charge < -0.3 is 10.4 Å². The molecule has 0 aliphatic carbocycles. The summed E-state index contributed by atoms with van der Waals surface area (Å²) >= 11 is 4.44. The summed E-state index contributed by atoms with van der Waals surface area (Å²) in [6.07, 6.45) is 0. The lowest BCUT2D eigenvalue weighted by atomic mass is 9.93. The van der Waals surface area contributed by atoms with E-state index < -0.39 is 11.2 Å². The summed E-state index contributed by atoms with van der Waals surface area (Å²) in [6.45, 7) is 8.27. The Morgan fingerprint density at radius 1 is 1.16 bits per heavy atom. The maximum Gasteiger partial charge on any atom is 0.326 e. The first kappa shape index (κ1) is 15.4. The first-order chi connectivity index (χ1) is 8.82. The number of rotatable bonds is 3. The van der Waals surface area contributed by atoms with Crippen molar-refractivity contribution in [2.24, 2.45) is 0 Å². The molecule has 3 N–H and O–H groups in total. The maximum absolute atomic E-state index is 11.7. The number of aliphatic hydroxyl groups is 1. The summed E-state index contributed by atoms with van der Waals surface area (Å²) in [5.41, 5.74) is 2.91. The minimum Gasteiger partial charge on any atom is -0.486 e. The molecule has 0 saturated heterocycles. The molecule has 1 rings (SSSR count). The number of aliphatic hydroxyl groups excluding tert-OH is 1. The van der Waals surface area contributed by atoms with Crippen molar-refractivity contribution in [3.63, 3.8) is 0 Å². The monoisotopic (exact) mass is 280 g/mol. The fraction of sp³-hybridized carbons (Fsp3) is 0.429. The van der Waals surface area contributed by atoms with Gasteiger partial charge in [-0.2, -0.15) is 0 Å². The van der Waals surface area contributed by atoms with E-state index in [1.165, 1.54) is 0 Å². The summed E-state index contributed by atoms with van der Waals surface area (Å²) in [5.74, 6) is 0.574. The van der Waals surface area contributed by atoms with Crippen LogP contribution < -0.4 is 10.6 Å². The second-order valence-electron chi connectivity index (χ2n) is 5.01. The molecule has 0 atom stereocenters. The summed E-state index contributed by atoms with van der Waals surface area (Å²) in [7, 11) is 0. The van der Waals surface area contributed by atoms with Crippen molar-refractivity contribution in [2.75, 3.05) is 5.32 Å². The van der Waals surface area contributed by atoms with E-state index in [2.05, 4.69) is 50.5 Å². The summed E-state index contributed by atoms with van der Waals surface area (Å²) < 4.78 is 0. The molecular weight excluding hydrogens is 260 g/mol. The van der Waals surface area contributed by atoms with Crippen LogP contribution in [0, 0.1) is 0 Å². The van der Waals surface area contributed by atoms with E-state index in [1.807, 2.05) is 18.2 Å². The molecule has 0 radical (unpaired) electrons. The molecule has 0 spiro atoms. The van der Waals surface area contributed by atoms with Crippen LogP contribution in [0.2, 0.25) is 0 Å². The van der Waals surface area contributed by atoms with E-state index in [0.29, 0.717) is 0 Å². The largest absolute Gasteiger partial charge is 0.486 e. The third kappa shape index (κ3) is 4.21. The third-order valence-corrected chi connectivity index (χ3v) is 2.93. The molecule has 0 bridgehead atoms. The van der Waals surface area contributed by atoms with Gasteiger partial charge in [0.1, 0.15) is 0 Å². The molecule has 2 amide bonds. The number of nitrogens with one attached hydrogen (secondary N) is 2. The Morgan fingerprint density at radius 2 is 1.63 bits per heavy atom. The first-order valence-corrected chi connectivity index (χ1v) is 6.67. The highest BCUT2D eigenvalue weighted by atomic mass is 32.1. The Kier molecular flexibility index (Phi) is 5.30. The van der Waals surface area contributed by atoms with E-state index in [1.54, 1.807) is 0 Å². The van der Waals surface area contributed by atoms with E-state index in [-0.39, 0.29) is 11.8 Å². The fourth-order valence-electron chi connectivity index (χ4n) is 1.94. The van der Waals surface area contributed by atoms with Crippen LogP contribution >= 0.6 is 12.2 Å². The minimum atomic E-state index is -0.536. The van der Waals surface area contributed by atoms with Crippen molar-refractivity contribution in [3.05, 3.63) is 29.3 Å². The van der Waals surface area contributed by atoms with Gasteiger partial charge in [-0.05, 0) is 35.2 Å². The Labute approximate surface area is 119 Å². The molecule has 4 nitrogen and oxygen atoms in total. The molecule has 0 saturated carbocycles. The van der Waals surface area contributed by atoms with Crippen molar-refractivity contribution in [1.29, 1.82) is 0 Å². The van der Waals surface area contributed by atoms with Crippen molar-refractivity contribution >= 4 is 29.1 Å². The molecule has 0 unspecified atom stereocenters. The number of carbonyl (C=O) groups is 1. The molecular formula is C14H20N2O2S. The standard InChI is InChI=1S/C14H20N2O2S/c1-8(2)10-6-5-7-11(9(3)4)12(10)15-13(17)16-14(18)19/h5-9H,1-4H3,(H3,15,16,17,18,19). The van der Waals surface area contributed by atoms with Crippen LogP contribution in [0.5, 0.6) is 0 Å². The lowest BCUT2D eigenvalue weighted by molar-refractivity contribution is 0.255. The quantitative estimate of drug-likeness (QED) is 0.736. The first-order valence-electron chi connectivity index (χ1n) is 6.26. The van der Waals surface area contributed by atoms with E-state index in [0.717, 1.165) is 16.8 Å². The molecule has 19 heavy (non-hydrogen) atoms. The molecule has 104 valence electrons. The fourth-order valence-corrected chi connectivity index (χ4v) is 2.03. The number of thiocarbonyl (C=S) groups is 1. The zero-order valence-corrected chi connectivity index (χ0v) is 12.5. The van der Waals surface area contributed by atoms with Gasteiger partial charge in [0.05, 0.1) is 0 Å². The normalized spacial score (nSPS) is 10.6. The van der Waals surface area contributed by atoms with Crippen LogP contribution in [-0.2, 0) is 0 Å². The molecule has 5 heteroatoms. The Bertz CT molecular complexity index is 458. The molecule has 0 fully saturated rings. The number of hydrogen-bond acceptors (Lipinski definition) is 2. The van der Waals surface area contributed by atoms with Gasteiger partial charge in [0.2, 0.25) is 0 Å². The zero-order chi connectivity index (χ0) is 14.6. The van der Waals surface area contributed by atoms with Crippen molar-refractivity contribution in [1.82, 2.24) is 5.32 Å². The Morgan fingerprint density at radius 3 is 2.00 bits per heavy atom. The number of urea groups is 1. The third-order valence-electron chi connectivity index (χ3n) is 2.83. The lowest BCUT2D eigenvalue weighted by Crippen LogP contribution is -2.33. The Hall–Kier alpha value is -1.62. The summed E-state index contributed by atoms with van der Waals surface area (Å²) in [6, 6.07) is 5.44. The van der Waals surface area contributed by atoms with E-state index in [4.69, 9.17) is 5.11 Å². The van der Waals surface area contributed by atoms with E-state index >= 15 is 0 Å². The van der Waals surface area contributed by atoms with Crippen molar-refractivity contribution < 1.29 is 9.90 Å². The second kappa shape index (κ2) is 6.52. The predicted molar refractivity (Wildman–Crippen MR) is 82.0 cm³/mol. The molecule has 0 aliphatic heterocycles. The van der Waals surface area contributed by atoms with Crippen LogP contribution in [0.15, 0.2) is 18.2 Å². The number of para-hydroxylation sites is 1. The van der Waals surface area contributed by atoms with Crippen molar-refractivity contribution in [2.45, 2.75) is 39.5 Å². The highest BCUT2D eigenvalue weighted by Crippen LogP contribution is 2.32. The molecule has 0 aliphatic rings. The van der Waals surface area contributed by atoms with Crippen molar-refractivity contribution in [3.8, 4) is 0 Å². The van der Waals surface area contributed by atoms with Crippen LogP contribution in [0.1, 0.15) is 50.7 Å². The van der Waals surface area contributed by atoms with E-state index in [9.17, 15) is 4.79 Å². The second-order valence-corrected chi connectivity index (χ2v) is 5.39. The van der Waals surface area contributed by atoms with Gasteiger partial charge in [-0.25, -0.2) is 4.79 Å². The molecule has 0 aromatic heterocycles. The van der Waals surface area contributed by atoms with Gasteiger partial charge in [0, 0.05) is 5.69 Å². The SMILES string of the molecule is CC(C)c1cccc(C(C)C)c1NC(=O)NC(O)=S. The summed E-state index contributed by atoms with van der Waals surface area (Å²) in [5, 5.41) is 13.3. The van der Waals surface area contributed by atoms with Gasteiger partial charge in [-0.3, -0.25) is 5.32 Å². The highest BCUT2D eigenvalue weighted by molar-refractivity contribution is 7.80. The average Bonchev–Trinajstić information content (AvgIpc) is 2.27. The average molecular weight is 280 g/mol. The van der Waals surface area contributed by atoms with Crippen LogP contribution in [0.25, 0.3) is 0 Å². The van der Waals surface area contributed by atoms with Crippen LogP contribution in [-0.4, -0.2) is 16.3 Å². The minimum absolute atomic E-state index is 0.287. The Balaban J connectivity index is 3.14. The van der Waals surface area contributed by atoms with Crippen LogP contribution in [0.4, 0.5) is 10.5 Å². The molecule has 1 aromatic rings. The predicted octanol–water partition coefficient (Wildman–Crippen LogP) is 3.90. The van der Waals surface area contributed by atoms with Crippen LogP contribution in [0.3, 0.4) is 0 Å². The number of anilines is 1.